The second kappa shape index (κ2) is 5.48. The van der Waals surface area contributed by atoms with E-state index in [-0.39, 0.29) is 11.5 Å². The number of hydrogen-bond acceptors (Lipinski definition) is 4. The minimum atomic E-state index is -0.0949. The lowest BCUT2D eigenvalue weighted by molar-refractivity contribution is 0.516. The number of aromatic nitrogens is 2. The highest BCUT2D eigenvalue weighted by atomic mass is 32.1. The maximum Gasteiger partial charge on any atom is 0.268 e. The van der Waals surface area contributed by atoms with Gasteiger partial charge in [0, 0.05) is 25.1 Å². The number of anilines is 1. The largest absolute Gasteiger partial charge is 0.393 e. The van der Waals surface area contributed by atoms with Crippen molar-refractivity contribution in [2.45, 2.75) is 26.3 Å². The molecule has 2 heterocycles. The Kier molecular flexibility index (Phi) is 3.96. The smallest absolute Gasteiger partial charge is 0.268 e. The molecule has 0 saturated carbocycles. The first-order valence-corrected chi connectivity index (χ1v) is 6.60. The number of thiocarbonyl (C=S) groups is 1. The fraction of sp³-hybridized carbons (Fsp3) is 0.583. The van der Waals surface area contributed by atoms with Crippen LogP contribution in [-0.2, 0) is 6.54 Å². The first-order valence-electron chi connectivity index (χ1n) is 6.19. The van der Waals surface area contributed by atoms with Crippen molar-refractivity contribution >= 4 is 22.9 Å². The second-order valence-electron chi connectivity index (χ2n) is 4.73. The van der Waals surface area contributed by atoms with E-state index in [0.29, 0.717) is 11.5 Å². The highest BCUT2D eigenvalue weighted by molar-refractivity contribution is 7.80. The van der Waals surface area contributed by atoms with Crippen molar-refractivity contribution in [3.63, 3.8) is 0 Å². The average Bonchev–Trinajstić information content (AvgIpc) is 2.85. The Labute approximate surface area is 112 Å². The summed E-state index contributed by atoms with van der Waals surface area (Å²) in [6.45, 7) is 4.35. The van der Waals surface area contributed by atoms with Crippen molar-refractivity contribution in [2.75, 3.05) is 18.0 Å². The topological polar surface area (TPSA) is 64.2 Å². The van der Waals surface area contributed by atoms with Gasteiger partial charge in [-0.3, -0.25) is 4.79 Å². The summed E-state index contributed by atoms with van der Waals surface area (Å²) in [5, 5.41) is 4.19. The molecule has 0 radical (unpaired) electrons. The molecular weight excluding hydrogens is 248 g/mol. The standard InChI is InChI=1S/C12H18N4OS/c1-9(12(13)18)8-16-11(17)6-10(7-14-16)15-4-2-3-5-15/h6-7,9H,2-5,8H2,1H3,(H2,13,18). The van der Waals surface area contributed by atoms with Crippen LogP contribution in [0.2, 0.25) is 0 Å². The summed E-state index contributed by atoms with van der Waals surface area (Å²) in [6.07, 6.45) is 4.11. The van der Waals surface area contributed by atoms with Crippen LogP contribution in [0.25, 0.3) is 0 Å². The SMILES string of the molecule is CC(Cn1ncc(N2CCCC2)cc1=O)C(N)=S. The molecule has 1 aliphatic heterocycles. The van der Waals surface area contributed by atoms with E-state index in [0.717, 1.165) is 18.8 Å². The Morgan fingerprint density at radius 3 is 2.78 bits per heavy atom. The number of nitrogens with zero attached hydrogens (tertiary/aromatic N) is 3. The number of hydrogen-bond donors (Lipinski definition) is 1. The molecule has 1 aromatic heterocycles. The quantitative estimate of drug-likeness (QED) is 0.815. The van der Waals surface area contributed by atoms with Gasteiger partial charge in [-0.2, -0.15) is 5.10 Å². The summed E-state index contributed by atoms with van der Waals surface area (Å²) in [5.74, 6) is -0.0252. The molecule has 0 aromatic carbocycles. The summed E-state index contributed by atoms with van der Waals surface area (Å²) in [5.41, 5.74) is 6.36. The first kappa shape index (κ1) is 13.0. The average molecular weight is 266 g/mol. The molecule has 6 heteroatoms. The molecule has 2 rings (SSSR count). The van der Waals surface area contributed by atoms with Crippen LogP contribution in [0.15, 0.2) is 17.1 Å². The third kappa shape index (κ3) is 2.87. The van der Waals surface area contributed by atoms with Crippen LogP contribution in [0.1, 0.15) is 19.8 Å². The van der Waals surface area contributed by atoms with E-state index in [1.54, 1.807) is 12.3 Å². The summed E-state index contributed by atoms with van der Waals surface area (Å²) in [4.78, 5) is 14.5. The first-order chi connectivity index (χ1) is 8.58. The lowest BCUT2D eigenvalue weighted by atomic mass is 10.2. The zero-order valence-electron chi connectivity index (χ0n) is 10.5. The molecular formula is C12H18N4OS. The van der Waals surface area contributed by atoms with Crippen molar-refractivity contribution in [1.82, 2.24) is 9.78 Å². The van der Waals surface area contributed by atoms with Gasteiger partial charge < -0.3 is 10.6 Å². The van der Waals surface area contributed by atoms with E-state index in [1.165, 1.54) is 17.5 Å². The predicted molar refractivity (Wildman–Crippen MR) is 75.9 cm³/mol. The molecule has 2 N–H and O–H groups in total. The molecule has 0 bridgehead atoms. The molecule has 5 nitrogen and oxygen atoms in total. The lowest BCUT2D eigenvalue weighted by Crippen LogP contribution is -2.31. The van der Waals surface area contributed by atoms with Crippen molar-refractivity contribution in [1.29, 1.82) is 0 Å². The molecule has 0 amide bonds. The molecule has 0 aliphatic carbocycles. The van der Waals surface area contributed by atoms with Crippen molar-refractivity contribution < 1.29 is 0 Å². The normalized spacial score (nSPS) is 16.8. The summed E-state index contributed by atoms with van der Waals surface area (Å²) < 4.78 is 1.42. The molecule has 1 fully saturated rings. The molecule has 1 aromatic rings. The van der Waals surface area contributed by atoms with E-state index < -0.39 is 0 Å². The Morgan fingerprint density at radius 2 is 2.22 bits per heavy atom. The van der Waals surface area contributed by atoms with Gasteiger partial charge in [-0.1, -0.05) is 19.1 Å². The van der Waals surface area contributed by atoms with Crippen molar-refractivity contribution in [2.24, 2.45) is 11.7 Å². The van der Waals surface area contributed by atoms with Crippen LogP contribution in [0.5, 0.6) is 0 Å². The second-order valence-corrected chi connectivity index (χ2v) is 5.20. The highest BCUT2D eigenvalue weighted by Gasteiger charge is 2.14. The summed E-state index contributed by atoms with van der Waals surface area (Å²) in [7, 11) is 0. The summed E-state index contributed by atoms with van der Waals surface area (Å²) >= 11 is 4.90. The Balaban J connectivity index is 2.14. The van der Waals surface area contributed by atoms with Crippen LogP contribution < -0.4 is 16.2 Å². The number of nitrogens with two attached hydrogens (primary N) is 1. The number of rotatable bonds is 4. The molecule has 18 heavy (non-hydrogen) atoms. The third-order valence-electron chi connectivity index (χ3n) is 3.26. The fourth-order valence-electron chi connectivity index (χ4n) is 2.06. The molecule has 1 unspecified atom stereocenters. The van der Waals surface area contributed by atoms with Gasteiger partial charge in [0.05, 0.1) is 23.4 Å². The van der Waals surface area contributed by atoms with E-state index in [2.05, 4.69) is 10.00 Å². The van der Waals surface area contributed by atoms with Crippen LogP contribution in [0.4, 0.5) is 5.69 Å². The van der Waals surface area contributed by atoms with Gasteiger partial charge in [0.2, 0.25) is 0 Å². The fourth-order valence-corrected chi connectivity index (χ4v) is 2.13. The Morgan fingerprint density at radius 1 is 1.56 bits per heavy atom. The maximum absolute atomic E-state index is 11.9. The van der Waals surface area contributed by atoms with Gasteiger partial charge in [0.15, 0.2) is 0 Å². The minimum absolute atomic E-state index is 0.0252. The minimum Gasteiger partial charge on any atom is -0.393 e. The maximum atomic E-state index is 11.9. The molecule has 1 aliphatic rings. The van der Waals surface area contributed by atoms with Crippen LogP contribution in [-0.4, -0.2) is 27.9 Å². The molecule has 98 valence electrons. The van der Waals surface area contributed by atoms with Crippen LogP contribution in [0, 0.1) is 5.92 Å². The van der Waals surface area contributed by atoms with Gasteiger partial charge in [0.25, 0.3) is 5.56 Å². The Hall–Kier alpha value is -1.43. The third-order valence-corrected chi connectivity index (χ3v) is 3.66. The predicted octanol–water partition coefficient (Wildman–Crippen LogP) is 0.766. The lowest BCUT2D eigenvalue weighted by Gasteiger charge is -2.17. The van der Waals surface area contributed by atoms with Crippen molar-refractivity contribution in [3.05, 3.63) is 22.6 Å². The van der Waals surface area contributed by atoms with Crippen molar-refractivity contribution in [3.8, 4) is 0 Å². The Bertz CT molecular complexity index is 493. The van der Waals surface area contributed by atoms with Gasteiger partial charge in [0.1, 0.15) is 0 Å². The van der Waals surface area contributed by atoms with E-state index in [1.807, 2.05) is 6.92 Å². The monoisotopic (exact) mass is 266 g/mol. The zero-order valence-corrected chi connectivity index (χ0v) is 11.3. The van der Waals surface area contributed by atoms with Crippen LogP contribution >= 0.6 is 12.2 Å². The molecule has 1 atom stereocenters. The van der Waals surface area contributed by atoms with Gasteiger partial charge in [-0.25, -0.2) is 4.68 Å². The van der Waals surface area contributed by atoms with Gasteiger partial charge >= 0.3 is 0 Å². The van der Waals surface area contributed by atoms with Crippen LogP contribution in [0.3, 0.4) is 0 Å². The van der Waals surface area contributed by atoms with Gasteiger partial charge in [-0.15, -0.1) is 0 Å². The van der Waals surface area contributed by atoms with E-state index in [4.69, 9.17) is 18.0 Å². The van der Waals surface area contributed by atoms with E-state index >= 15 is 0 Å². The van der Waals surface area contributed by atoms with E-state index in [9.17, 15) is 4.79 Å². The highest BCUT2D eigenvalue weighted by Crippen LogP contribution is 2.16. The summed E-state index contributed by atoms with van der Waals surface area (Å²) in [6, 6.07) is 1.64. The molecule has 1 saturated heterocycles. The zero-order chi connectivity index (χ0) is 13.1. The molecule has 0 spiro atoms. The van der Waals surface area contributed by atoms with Gasteiger partial charge in [-0.05, 0) is 12.8 Å².